The minimum atomic E-state index is -1.05. The highest BCUT2D eigenvalue weighted by atomic mass is 19.2. The molecular formula is C21H17F2N3O2. The Bertz CT molecular complexity index is 1060. The van der Waals surface area contributed by atoms with Gasteiger partial charge in [0.2, 0.25) is 0 Å². The van der Waals surface area contributed by atoms with Crippen LogP contribution in [-0.4, -0.2) is 52.8 Å². The molecule has 0 N–H and O–H groups in total. The number of hydrogen-bond acceptors (Lipinski definition) is 3. The van der Waals surface area contributed by atoms with Crippen LogP contribution in [0.25, 0.3) is 10.9 Å². The third-order valence-electron chi connectivity index (χ3n) is 4.90. The Balaban J connectivity index is 1.47. The summed E-state index contributed by atoms with van der Waals surface area (Å²) < 4.78 is 26.5. The Morgan fingerprint density at radius 3 is 2.21 bits per heavy atom. The molecule has 1 aliphatic heterocycles. The Morgan fingerprint density at radius 1 is 0.821 bits per heavy atom. The van der Waals surface area contributed by atoms with Crippen molar-refractivity contribution in [1.82, 2.24) is 14.8 Å². The van der Waals surface area contributed by atoms with E-state index in [-0.39, 0.29) is 17.4 Å². The SMILES string of the molecule is O=C(c1ccc(F)c(F)c1)N1CCN(C(=O)c2ccnc3ccccc23)CC1. The van der Waals surface area contributed by atoms with Gasteiger partial charge in [0.25, 0.3) is 11.8 Å². The molecule has 7 heteroatoms. The molecule has 2 aromatic carbocycles. The molecule has 5 nitrogen and oxygen atoms in total. The number of fused-ring (bicyclic) bond motifs is 1. The van der Waals surface area contributed by atoms with Crippen LogP contribution in [0.2, 0.25) is 0 Å². The lowest BCUT2D eigenvalue weighted by molar-refractivity contribution is 0.0536. The first-order chi connectivity index (χ1) is 13.5. The highest BCUT2D eigenvalue weighted by Crippen LogP contribution is 2.19. The van der Waals surface area contributed by atoms with Gasteiger partial charge in [-0.05, 0) is 30.3 Å². The molecule has 2 amide bonds. The van der Waals surface area contributed by atoms with E-state index in [4.69, 9.17) is 0 Å². The molecule has 1 aliphatic rings. The summed E-state index contributed by atoms with van der Waals surface area (Å²) in [6.45, 7) is 1.38. The molecule has 2 heterocycles. The first kappa shape index (κ1) is 18.0. The third-order valence-corrected chi connectivity index (χ3v) is 4.90. The summed E-state index contributed by atoms with van der Waals surface area (Å²) >= 11 is 0. The monoisotopic (exact) mass is 381 g/mol. The van der Waals surface area contributed by atoms with Gasteiger partial charge in [-0.25, -0.2) is 8.78 Å². The van der Waals surface area contributed by atoms with Crippen LogP contribution in [-0.2, 0) is 0 Å². The highest BCUT2D eigenvalue weighted by Gasteiger charge is 2.26. The van der Waals surface area contributed by atoms with Crippen LogP contribution >= 0.6 is 0 Å². The summed E-state index contributed by atoms with van der Waals surface area (Å²) in [4.78, 5) is 33.0. The van der Waals surface area contributed by atoms with Crippen LogP contribution in [0.1, 0.15) is 20.7 Å². The van der Waals surface area contributed by atoms with Crippen LogP contribution in [0.5, 0.6) is 0 Å². The predicted molar refractivity (Wildman–Crippen MR) is 99.9 cm³/mol. The van der Waals surface area contributed by atoms with Gasteiger partial charge in [0.1, 0.15) is 0 Å². The maximum Gasteiger partial charge on any atom is 0.254 e. The number of piperazine rings is 1. The van der Waals surface area contributed by atoms with Gasteiger partial charge in [0, 0.05) is 43.3 Å². The van der Waals surface area contributed by atoms with Crippen molar-refractivity contribution in [2.45, 2.75) is 0 Å². The number of halogens is 2. The fraction of sp³-hybridized carbons (Fsp3) is 0.190. The second-order valence-corrected chi connectivity index (χ2v) is 6.59. The van der Waals surface area contributed by atoms with Gasteiger partial charge < -0.3 is 9.80 Å². The second kappa shape index (κ2) is 7.34. The molecule has 1 aromatic heterocycles. The lowest BCUT2D eigenvalue weighted by Gasteiger charge is -2.35. The van der Waals surface area contributed by atoms with Gasteiger partial charge in [-0.2, -0.15) is 0 Å². The van der Waals surface area contributed by atoms with Crippen LogP contribution in [0.15, 0.2) is 54.7 Å². The van der Waals surface area contributed by atoms with E-state index >= 15 is 0 Å². The van der Waals surface area contributed by atoms with Crippen molar-refractivity contribution in [1.29, 1.82) is 0 Å². The number of carbonyl (C=O) groups is 2. The van der Waals surface area contributed by atoms with E-state index in [1.54, 1.807) is 22.1 Å². The molecular weight excluding hydrogens is 364 g/mol. The molecule has 0 bridgehead atoms. The molecule has 0 aliphatic carbocycles. The van der Waals surface area contributed by atoms with Crippen LogP contribution in [0.4, 0.5) is 8.78 Å². The van der Waals surface area contributed by atoms with E-state index in [9.17, 15) is 18.4 Å². The Morgan fingerprint density at radius 2 is 1.50 bits per heavy atom. The van der Waals surface area contributed by atoms with Crippen LogP contribution in [0.3, 0.4) is 0 Å². The van der Waals surface area contributed by atoms with E-state index in [2.05, 4.69) is 4.98 Å². The molecule has 4 rings (SSSR count). The number of para-hydroxylation sites is 1. The zero-order valence-electron chi connectivity index (χ0n) is 14.9. The number of pyridine rings is 1. The van der Waals surface area contributed by atoms with E-state index in [1.165, 1.54) is 6.07 Å². The van der Waals surface area contributed by atoms with E-state index in [0.29, 0.717) is 31.7 Å². The summed E-state index contributed by atoms with van der Waals surface area (Å²) in [7, 11) is 0. The van der Waals surface area contributed by atoms with Crippen molar-refractivity contribution < 1.29 is 18.4 Å². The molecule has 1 saturated heterocycles. The summed E-state index contributed by atoms with van der Waals surface area (Å²) in [5.41, 5.74) is 1.42. The molecule has 0 atom stereocenters. The molecule has 1 fully saturated rings. The normalized spacial score (nSPS) is 14.4. The quantitative estimate of drug-likeness (QED) is 0.685. The van der Waals surface area contributed by atoms with Crippen molar-refractivity contribution >= 4 is 22.7 Å². The average molecular weight is 381 g/mol. The molecule has 0 saturated carbocycles. The Labute approximate surface area is 160 Å². The predicted octanol–water partition coefficient (Wildman–Crippen LogP) is 3.11. The van der Waals surface area contributed by atoms with Crippen molar-refractivity contribution in [3.63, 3.8) is 0 Å². The minimum absolute atomic E-state index is 0.0961. The van der Waals surface area contributed by atoms with Crippen molar-refractivity contribution in [2.24, 2.45) is 0 Å². The van der Waals surface area contributed by atoms with Crippen molar-refractivity contribution in [3.8, 4) is 0 Å². The molecule has 0 spiro atoms. The van der Waals surface area contributed by atoms with Gasteiger partial charge in [-0.1, -0.05) is 18.2 Å². The first-order valence-electron chi connectivity index (χ1n) is 8.92. The number of hydrogen-bond donors (Lipinski definition) is 0. The Kier molecular flexibility index (Phi) is 4.73. The number of rotatable bonds is 2. The largest absolute Gasteiger partial charge is 0.335 e. The first-order valence-corrected chi connectivity index (χ1v) is 8.92. The number of nitrogens with zero attached hydrogens (tertiary/aromatic N) is 3. The number of amides is 2. The maximum absolute atomic E-state index is 13.4. The van der Waals surface area contributed by atoms with Gasteiger partial charge in [-0.15, -0.1) is 0 Å². The highest BCUT2D eigenvalue weighted by molar-refractivity contribution is 6.06. The minimum Gasteiger partial charge on any atom is -0.335 e. The topological polar surface area (TPSA) is 53.5 Å². The lowest BCUT2D eigenvalue weighted by Crippen LogP contribution is -2.50. The number of benzene rings is 2. The molecule has 142 valence electrons. The van der Waals surface area contributed by atoms with E-state index in [0.717, 1.165) is 23.0 Å². The maximum atomic E-state index is 13.4. The molecule has 3 aromatic rings. The van der Waals surface area contributed by atoms with Gasteiger partial charge in [-0.3, -0.25) is 14.6 Å². The van der Waals surface area contributed by atoms with Crippen LogP contribution in [0, 0.1) is 11.6 Å². The van der Waals surface area contributed by atoms with Crippen molar-refractivity contribution in [3.05, 3.63) is 77.5 Å². The van der Waals surface area contributed by atoms with Crippen LogP contribution < -0.4 is 0 Å². The summed E-state index contributed by atoms with van der Waals surface area (Å²) in [5.74, 6) is -2.53. The summed E-state index contributed by atoms with van der Waals surface area (Å²) in [6, 6.07) is 12.2. The fourth-order valence-electron chi connectivity index (χ4n) is 3.38. The molecule has 0 radical (unpaired) electrons. The van der Waals surface area contributed by atoms with E-state index < -0.39 is 11.6 Å². The van der Waals surface area contributed by atoms with Crippen molar-refractivity contribution in [2.75, 3.05) is 26.2 Å². The smallest absolute Gasteiger partial charge is 0.254 e. The lowest BCUT2D eigenvalue weighted by atomic mass is 10.1. The van der Waals surface area contributed by atoms with Gasteiger partial charge in [0.05, 0.1) is 11.1 Å². The zero-order chi connectivity index (χ0) is 19.7. The van der Waals surface area contributed by atoms with Gasteiger partial charge >= 0.3 is 0 Å². The zero-order valence-corrected chi connectivity index (χ0v) is 14.9. The summed E-state index contributed by atoms with van der Waals surface area (Å²) in [6.07, 6.45) is 1.61. The fourth-order valence-corrected chi connectivity index (χ4v) is 3.38. The molecule has 0 unspecified atom stereocenters. The number of carbonyl (C=O) groups excluding carboxylic acids is 2. The second-order valence-electron chi connectivity index (χ2n) is 6.59. The number of aromatic nitrogens is 1. The average Bonchev–Trinajstić information content (AvgIpc) is 2.74. The van der Waals surface area contributed by atoms with E-state index in [1.807, 2.05) is 24.3 Å². The van der Waals surface area contributed by atoms with Gasteiger partial charge in [0.15, 0.2) is 11.6 Å². The standard InChI is InChI=1S/C21H17F2N3O2/c22-17-6-5-14(13-18(17)23)20(27)25-9-11-26(12-10-25)21(28)16-7-8-24-19-4-2-1-3-15(16)19/h1-8,13H,9-12H2. The third kappa shape index (κ3) is 3.31. The Hall–Kier alpha value is -3.35. The summed E-state index contributed by atoms with van der Waals surface area (Å²) in [5, 5.41) is 0.787. The molecule has 28 heavy (non-hydrogen) atoms.